The zero-order valence-corrected chi connectivity index (χ0v) is 7.72. The monoisotopic (exact) mass is 148 g/mol. The third-order valence-electron chi connectivity index (χ3n) is 1.61. The molecule has 0 N–H and O–H groups in total. The molecule has 0 aliphatic carbocycles. The van der Waals surface area contributed by atoms with Crippen LogP contribution in [0, 0.1) is 0 Å². The van der Waals surface area contributed by atoms with E-state index in [2.05, 4.69) is 37.3 Å². The van der Waals surface area contributed by atoms with Crippen LogP contribution >= 0.6 is 0 Å². The summed E-state index contributed by atoms with van der Waals surface area (Å²) >= 11 is 0. The smallest absolute Gasteiger partial charge is 0.0185 e. The van der Waals surface area contributed by atoms with Crippen molar-refractivity contribution in [3.05, 3.63) is 35.9 Å². The van der Waals surface area contributed by atoms with E-state index in [1.54, 1.807) is 0 Å². The topological polar surface area (TPSA) is 0 Å². The first kappa shape index (κ1) is 7.41. The summed E-state index contributed by atoms with van der Waals surface area (Å²) in [5.41, 5.74) is 1.38. The van der Waals surface area contributed by atoms with Crippen molar-refractivity contribution in [1.82, 2.24) is 0 Å². The van der Waals surface area contributed by atoms with Gasteiger partial charge in [-0.05, 0) is 21.8 Å². The molecule has 0 nitrogen and oxygen atoms in total. The third kappa shape index (κ3) is 1.64. The van der Waals surface area contributed by atoms with Gasteiger partial charge >= 0.3 is 0 Å². The van der Waals surface area contributed by atoms with Crippen LogP contribution in [0.5, 0.6) is 0 Å². The zero-order chi connectivity index (χ0) is 7.40. The third-order valence-corrected chi connectivity index (χ3v) is 2.52. The standard InChI is InChI=1S/C9H12Si/c1-2-9(10)8-6-4-3-5-7-8/h3-7H,2,10H2,1H3. The van der Waals surface area contributed by atoms with Crippen molar-refractivity contribution in [2.45, 2.75) is 13.3 Å². The van der Waals surface area contributed by atoms with Crippen LogP contribution < -0.4 is 0 Å². The summed E-state index contributed by atoms with van der Waals surface area (Å²) in [5.74, 6) is 0. The second-order valence-electron chi connectivity index (χ2n) is 2.32. The van der Waals surface area contributed by atoms with Crippen LogP contribution in [-0.2, 0) is 0 Å². The van der Waals surface area contributed by atoms with Crippen molar-refractivity contribution in [3.63, 3.8) is 0 Å². The van der Waals surface area contributed by atoms with Crippen molar-refractivity contribution in [2.75, 3.05) is 0 Å². The van der Waals surface area contributed by atoms with Gasteiger partial charge in [-0.1, -0.05) is 42.4 Å². The second-order valence-corrected chi connectivity index (χ2v) is 3.18. The van der Waals surface area contributed by atoms with Crippen LogP contribution in [-0.4, -0.2) is 15.0 Å². The molecule has 0 aromatic heterocycles. The molecule has 0 heterocycles. The highest BCUT2D eigenvalue weighted by Crippen LogP contribution is 2.00. The number of rotatable bonds is 2. The molecule has 0 unspecified atom stereocenters. The van der Waals surface area contributed by atoms with Crippen LogP contribution in [0.1, 0.15) is 18.9 Å². The minimum absolute atomic E-state index is 1.16. The lowest BCUT2D eigenvalue weighted by atomic mass is 10.1. The maximum atomic E-state index is 2.19. The first-order valence-electron chi connectivity index (χ1n) is 3.57. The van der Waals surface area contributed by atoms with Gasteiger partial charge in [-0.25, -0.2) is 0 Å². The predicted octanol–water partition coefficient (Wildman–Crippen LogP) is 1.25. The molecule has 1 heteroatoms. The summed E-state index contributed by atoms with van der Waals surface area (Å²) in [5, 5.41) is 1.49. The molecule has 52 valence electrons. The fourth-order valence-corrected chi connectivity index (χ4v) is 1.11. The second kappa shape index (κ2) is 3.47. The van der Waals surface area contributed by atoms with Crippen LogP contribution in [0.15, 0.2) is 30.3 Å². The van der Waals surface area contributed by atoms with Crippen molar-refractivity contribution in [2.24, 2.45) is 0 Å². The lowest BCUT2D eigenvalue weighted by Gasteiger charge is -1.99. The Kier molecular flexibility index (Phi) is 2.57. The molecule has 1 rings (SSSR count). The Morgan fingerprint density at radius 3 is 2.40 bits per heavy atom. The highest BCUT2D eigenvalue weighted by Gasteiger charge is 1.90. The lowest BCUT2D eigenvalue weighted by Crippen LogP contribution is -1.97. The van der Waals surface area contributed by atoms with Gasteiger partial charge in [0.15, 0.2) is 0 Å². The summed E-state index contributed by atoms with van der Waals surface area (Å²) < 4.78 is 0. The van der Waals surface area contributed by atoms with Gasteiger partial charge in [0.25, 0.3) is 0 Å². The fraction of sp³-hybridized carbons (Fsp3) is 0.222. The Morgan fingerprint density at radius 2 is 1.90 bits per heavy atom. The molecular weight excluding hydrogens is 136 g/mol. The SMILES string of the molecule is CCC(=[SiH2])c1ccccc1. The van der Waals surface area contributed by atoms with Gasteiger partial charge in [0, 0.05) is 0 Å². The summed E-state index contributed by atoms with van der Waals surface area (Å²) in [6, 6.07) is 10.5. The summed E-state index contributed by atoms with van der Waals surface area (Å²) in [6.45, 7) is 2.19. The van der Waals surface area contributed by atoms with Crippen LogP contribution in [0.25, 0.3) is 0 Å². The summed E-state index contributed by atoms with van der Waals surface area (Å²) in [7, 11) is 1.98. The molecule has 0 aliphatic heterocycles. The number of benzene rings is 1. The molecule has 0 spiro atoms. The van der Waals surface area contributed by atoms with Crippen molar-refractivity contribution >= 4 is 15.0 Å². The van der Waals surface area contributed by atoms with E-state index in [0.717, 1.165) is 6.42 Å². The van der Waals surface area contributed by atoms with E-state index in [1.165, 1.54) is 10.7 Å². The van der Waals surface area contributed by atoms with Gasteiger partial charge in [-0.3, -0.25) is 0 Å². The molecule has 1 aromatic carbocycles. The van der Waals surface area contributed by atoms with E-state index < -0.39 is 0 Å². The fourth-order valence-electron chi connectivity index (χ4n) is 0.878. The zero-order valence-electron chi connectivity index (χ0n) is 6.30. The van der Waals surface area contributed by atoms with Crippen LogP contribution in [0.3, 0.4) is 0 Å². The molecule has 0 bridgehead atoms. The van der Waals surface area contributed by atoms with Crippen LogP contribution in [0.4, 0.5) is 0 Å². The summed E-state index contributed by atoms with van der Waals surface area (Å²) in [6.07, 6.45) is 1.16. The van der Waals surface area contributed by atoms with E-state index in [-0.39, 0.29) is 0 Å². The van der Waals surface area contributed by atoms with Crippen molar-refractivity contribution < 1.29 is 0 Å². The average Bonchev–Trinajstić information content (AvgIpc) is 2.05. The molecule has 10 heavy (non-hydrogen) atoms. The van der Waals surface area contributed by atoms with E-state index in [0.29, 0.717) is 0 Å². The van der Waals surface area contributed by atoms with Gasteiger partial charge in [0.1, 0.15) is 0 Å². The predicted molar refractivity (Wildman–Crippen MR) is 49.4 cm³/mol. The summed E-state index contributed by atoms with van der Waals surface area (Å²) in [4.78, 5) is 0. The highest BCUT2D eigenvalue weighted by atomic mass is 28.1. The van der Waals surface area contributed by atoms with Crippen LogP contribution in [0.2, 0.25) is 0 Å². The lowest BCUT2D eigenvalue weighted by molar-refractivity contribution is 1.31. The molecule has 0 saturated carbocycles. The van der Waals surface area contributed by atoms with E-state index in [4.69, 9.17) is 0 Å². The maximum absolute atomic E-state index is 2.19. The Balaban J connectivity index is 2.85. The molecule has 1 aromatic rings. The number of hydrogen-bond acceptors (Lipinski definition) is 0. The first-order chi connectivity index (χ1) is 4.84. The normalized spacial score (nSPS) is 9.30. The quantitative estimate of drug-likeness (QED) is 0.554. The molecule has 0 saturated heterocycles. The van der Waals surface area contributed by atoms with E-state index >= 15 is 0 Å². The minimum atomic E-state index is 1.16. The highest BCUT2D eigenvalue weighted by molar-refractivity contribution is 6.43. The van der Waals surface area contributed by atoms with Gasteiger partial charge in [0.2, 0.25) is 0 Å². The molecule has 0 amide bonds. The molecule has 0 fully saturated rings. The molecular formula is C9H12Si. The van der Waals surface area contributed by atoms with Crippen molar-refractivity contribution in [1.29, 1.82) is 0 Å². The minimum Gasteiger partial charge on any atom is -0.0680 e. The first-order valence-corrected chi connectivity index (χ1v) is 4.28. The number of hydrogen-bond donors (Lipinski definition) is 0. The Morgan fingerprint density at radius 1 is 1.30 bits per heavy atom. The van der Waals surface area contributed by atoms with Gasteiger partial charge in [-0.15, -0.1) is 0 Å². The Hall–Kier alpha value is -0.693. The molecule has 0 atom stereocenters. The molecule has 0 aliphatic rings. The largest absolute Gasteiger partial charge is 0.0680 e. The van der Waals surface area contributed by atoms with E-state index in [1.807, 2.05) is 9.85 Å². The van der Waals surface area contributed by atoms with Crippen molar-refractivity contribution in [3.8, 4) is 0 Å². The molecule has 0 radical (unpaired) electrons. The average molecular weight is 148 g/mol. The maximum Gasteiger partial charge on any atom is -0.0185 e. The van der Waals surface area contributed by atoms with Gasteiger partial charge in [-0.2, -0.15) is 0 Å². The van der Waals surface area contributed by atoms with E-state index in [9.17, 15) is 0 Å². The van der Waals surface area contributed by atoms with Gasteiger partial charge in [0.05, 0.1) is 0 Å². The van der Waals surface area contributed by atoms with Gasteiger partial charge < -0.3 is 0 Å². The Labute approximate surface area is 64.9 Å². The Bertz CT molecular complexity index is 213.